The number of furan rings is 1. The largest absolute Gasteiger partial charge is 0.464 e. The third kappa shape index (κ3) is 4.86. The normalized spacial score (nSPS) is 18.4. The van der Waals surface area contributed by atoms with Crippen molar-refractivity contribution in [2.75, 3.05) is 33.2 Å². The van der Waals surface area contributed by atoms with Gasteiger partial charge in [-0.15, -0.1) is 0 Å². The molecule has 0 aromatic carbocycles. The lowest BCUT2D eigenvalue weighted by atomic mass is 10.2. The van der Waals surface area contributed by atoms with Gasteiger partial charge in [-0.1, -0.05) is 6.92 Å². The molecule has 1 amide bonds. The highest BCUT2D eigenvalue weighted by Gasteiger charge is 2.20. The zero-order valence-electron chi connectivity index (χ0n) is 13.4. The summed E-state index contributed by atoms with van der Waals surface area (Å²) in [6.07, 6.45) is 2.46. The van der Waals surface area contributed by atoms with Crippen LogP contribution in [0.3, 0.4) is 0 Å². The van der Waals surface area contributed by atoms with Crippen LogP contribution < -0.4 is 5.32 Å². The predicted octanol–water partition coefficient (Wildman–Crippen LogP) is 1.62. The monoisotopic (exact) mass is 293 g/mol. The average molecular weight is 293 g/mol. The van der Waals surface area contributed by atoms with Gasteiger partial charge in [0.05, 0.1) is 13.1 Å². The molecule has 1 saturated heterocycles. The van der Waals surface area contributed by atoms with Crippen LogP contribution in [-0.2, 0) is 11.3 Å². The van der Waals surface area contributed by atoms with E-state index in [1.807, 2.05) is 26.1 Å². The lowest BCUT2D eigenvalue weighted by Gasteiger charge is -2.26. The minimum atomic E-state index is 0.143. The molecule has 1 aromatic heterocycles. The Bertz CT molecular complexity index is 452. The molecule has 118 valence electrons. The van der Waals surface area contributed by atoms with Gasteiger partial charge in [0.25, 0.3) is 0 Å². The molecule has 0 bridgehead atoms. The molecule has 1 atom stereocenters. The molecule has 0 radical (unpaired) electrons. The van der Waals surface area contributed by atoms with Gasteiger partial charge in [-0.25, -0.2) is 0 Å². The van der Waals surface area contributed by atoms with Crippen LogP contribution in [0.2, 0.25) is 0 Å². The molecule has 2 rings (SSSR count). The first-order valence-electron chi connectivity index (χ1n) is 7.83. The SMILES string of the molecule is CCN(CC(=O)N(C)Cc1ccc(C)o1)CC1CCCN1. The Kier molecular flexibility index (Phi) is 5.82. The molecule has 2 heterocycles. The molecule has 21 heavy (non-hydrogen) atoms. The Morgan fingerprint density at radius 1 is 1.48 bits per heavy atom. The van der Waals surface area contributed by atoms with Crippen molar-refractivity contribution in [1.29, 1.82) is 0 Å². The van der Waals surface area contributed by atoms with Gasteiger partial charge in [-0.2, -0.15) is 0 Å². The number of nitrogens with zero attached hydrogens (tertiary/aromatic N) is 2. The second kappa shape index (κ2) is 7.61. The van der Waals surface area contributed by atoms with E-state index in [0.717, 1.165) is 31.2 Å². The summed E-state index contributed by atoms with van der Waals surface area (Å²) in [7, 11) is 1.84. The zero-order chi connectivity index (χ0) is 15.2. The first-order chi connectivity index (χ1) is 10.1. The standard InChI is InChI=1S/C16H27N3O2/c1-4-19(10-14-6-5-9-17-14)12-16(20)18(3)11-15-8-7-13(2)21-15/h7-8,14,17H,4-6,9-12H2,1-3H3. The summed E-state index contributed by atoms with van der Waals surface area (Å²) < 4.78 is 5.53. The van der Waals surface area contributed by atoms with Crippen molar-refractivity contribution < 1.29 is 9.21 Å². The van der Waals surface area contributed by atoms with Gasteiger partial charge in [0.1, 0.15) is 11.5 Å². The summed E-state index contributed by atoms with van der Waals surface area (Å²) in [5, 5.41) is 3.48. The van der Waals surface area contributed by atoms with E-state index >= 15 is 0 Å². The van der Waals surface area contributed by atoms with Crippen molar-refractivity contribution in [2.24, 2.45) is 0 Å². The number of amides is 1. The summed E-state index contributed by atoms with van der Waals surface area (Å²) in [5.74, 6) is 1.86. The maximum Gasteiger partial charge on any atom is 0.236 e. The minimum Gasteiger partial charge on any atom is -0.464 e. The van der Waals surface area contributed by atoms with Crippen LogP contribution in [-0.4, -0.2) is 55.0 Å². The molecule has 0 spiro atoms. The van der Waals surface area contributed by atoms with Crippen LogP contribution in [0.4, 0.5) is 0 Å². The maximum absolute atomic E-state index is 12.3. The number of carbonyl (C=O) groups excluding carboxylic acids is 1. The summed E-state index contributed by atoms with van der Waals surface area (Å²) in [6, 6.07) is 4.40. The molecule has 0 aliphatic carbocycles. The van der Waals surface area contributed by atoms with E-state index in [-0.39, 0.29) is 5.91 Å². The van der Waals surface area contributed by atoms with Gasteiger partial charge in [-0.3, -0.25) is 9.69 Å². The number of carbonyl (C=O) groups is 1. The van der Waals surface area contributed by atoms with Gasteiger partial charge in [-0.05, 0) is 45.0 Å². The van der Waals surface area contributed by atoms with Gasteiger partial charge < -0.3 is 14.6 Å². The number of hydrogen-bond donors (Lipinski definition) is 1. The van der Waals surface area contributed by atoms with Crippen LogP contribution in [0.15, 0.2) is 16.5 Å². The summed E-state index contributed by atoms with van der Waals surface area (Å²) in [5.41, 5.74) is 0. The quantitative estimate of drug-likeness (QED) is 0.830. The van der Waals surface area contributed by atoms with E-state index in [0.29, 0.717) is 19.1 Å². The van der Waals surface area contributed by atoms with Crippen molar-refractivity contribution in [2.45, 2.75) is 39.3 Å². The Morgan fingerprint density at radius 2 is 2.29 bits per heavy atom. The van der Waals surface area contributed by atoms with E-state index in [1.165, 1.54) is 12.8 Å². The molecule has 1 unspecified atom stereocenters. The lowest BCUT2D eigenvalue weighted by Crippen LogP contribution is -2.43. The highest BCUT2D eigenvalue weighted by molar-refractivity contribution is 5.77. The summed E-state index contributed by atoms with van der Waals surface area (Å²) >= 11 is 0. The molecule has 5 heteroatoms. The predicted molar refractivity (Wildman–Crippen MR) is 83.1 cm³/mol. The van der Waals surface area contributed by atoms with Crippen molar-refractivity contribution in [3.05, 3.63) is 23.7 Å². The summed E-state index contributed by atoms with van der Waals surface area (Å²) in [6.45, 7) is 8.00. The molecular formula is C16H27N3O2. The third-order valence-electron chi connectivity index (χ3n) is 4.06. The van der Waals surface area contributed by atoms with E-state index < -0.39 is 0 Å². The molecular weight excluding hydrogens is 266 g/mol. The second-order valence-corrected chi connectivity index (χ2v) is 5.88. The number of hydrogen-bond acceptors (Lipinski definition) is 4. The number of rotatable bonds is 7. The number of aryl methyl sites for hydroxylation is 1. The van der Waals surface area contributed by atoms with Crippen molar-refractivity contribution in [3.63, 3.8) is 0 Å². The van der Waals surface area contributed by atoms with Crippen LogP contribution in [0.5, 0.6) is 0 Å². The molecule has 5 nitrogen and oxygen atoms in total. The average Bonchev–Trinajstić information content (AvgIpc) is 3.09. The van der Waals surface area contributed by atoms with E-state index in [2.05, 4.69) is 17.1 Å². The second-order valence-electron chi connectivity index (χ2n) is 5.88. The van der Waals surface area contributed by atoms with Crippen molar-refractivity contribution in [1.82, 2.24) is 15.1 Å². The topological polar surface area (TPSA) is 48.7 Å². The van der Waals surface area contributed by atoms with Crippen LogP contribution >= 0.6 is 0 Å². The lowest BCUT2D eigenvalue weighted by molar-refractivity contribution is -0.131. The van der Waals surface area contributed by atoms with Gasteiger partial charge in [0, 0.05) is 19.6 Å². The van der Waals surface area contributed by atoms with Gasteiger partial charge >= 0.3 is 0 Å². The Labute approximate surface area is 127 Å². The zero-order valence-corrected chi connectivity index (χ0v) is 13.4. The molecule has 1 aliphatic heterocycles. The Balaban J connectivity index is 1.80. The van der Waals surface area contributed by atoms with E-state index in [1.54, 1.807) is 4.90 Å². The molecule has 1 fully saturated rings. The third-order valence-corrected chi connectivity index (χ3v) is 4.06. The van der Waals surface area contributed by atoms with Crippen LogP contribution in [0.25, 0.3) is 0 Å². The Morgan fingerprint density at radius 3 is 2.86 bits per heavy atom. The molecule has 1 aliphatic rings. The molecule has 0 saturated carbocycles. The van der Waals surface area contributed by atoms with Crippen molar-refractivity contribution in [3.8, 4) is 0 Å². The smallest absolute Gasteiger partial charge is 0.236 e. The number of likely N-dealkylation sites (N-methyl/N-ethyl adjacent to an activating group) is 2. The first-order valence-corrected chi connectivity index (χ1v) is 7.83. The van der Waals surface area contributed by atoms with E-state index in [4.69, 9.17) is 4.42 Å². The Hall–Kier alpha value is -1.33. The fraction of sp³-hybridized carbons (Fsp3) is 0.688. The maximum atomic E-state index is 12.3. The van der Waals surface area contributed by atoms with Gasteiger partial charge in [0.2, 0.25) is 5.91 Å². The highest BCUT2D eigenvalue weighted by Crippen LogP contribution is 2.10. The van der Waals surface area contributed by atoms with E-state index in [9.17, 15) is 4.79 Å². The van der Waals surface area contributed by atoms with Crippen LogP contribution in [0, 0.1) is 6.92 Å². The molecule has 1 N–H and O–H groups in total. The van der Waals surface area contributed by atoms with Gasteiger partial charge in [0.15, 0.2) is 0 Å². The number of nitrogens with one attached hydrogen (secondary N) is 1. The highest BCUT2D eigenvalue weighted by atomic mass is 16.3. The fourth-order valence-corrected chi connectivity index (χ4v) is 2.73. The molecule has 1 aromatic rings. The van der Waals surface area contributed by atoms with Crippen molar-refractivity contribution >= 4 is 5.91 Å². The summed E-state index contributed by atoms with van der Waals surface area (Å²) in [4.78, 5) is 16.3. The minimum absolute atomic E-state index is 0.143. The fourth-order valence-electron chi connectivity index (χ4n) is 2.73. The van der Waals surface area contributed by atoms with Crippen LogP contribution in [0.1, 0.15) is 31.3 Å². The first kappa shape index (κ1) is 16.0.